The second-order valence-electron chi connectivity index (χ2n) is 14.5. The molecule has 1 aliphatic carbocycles. The van der Waals surface area contributed by atoms with E-state index in [1.807, 2.05) is 6.07 Å². The molecule has 1 saturated carbocycles. The van der Waals surface area contributed by atoms with Gasteiger partial charge in [0.15, 0.2) is 5.82 Å². The van der Waals surface area contributed by atoms with Crippen LogP contribution in [-0.4, -0.2) is 76.4 Å². The molecule has 47 heavy (non-hydrogen) atoms. The Kier molecular flexibility index (Phi) is 6.55. The summed E-state index contributed by atoms with van der Waals surface area (Å²) in [6.45, 7) is 5.22. The summed E-state index contributed by atoms with van der Waals surface area (Å²) < 4.78 is 53.3. The van der Waals surface area contributed by atoms with Gasteiger partial charge in [-0.3, -0.25) is 4.90 Å². The Hall–Kier alpha value is -3.94. The SMILES string of the molecule is C#Cc1c(F)ccc2cccc(-c3nc4c5c(nc(OC[C@@]67C[C@@H](F)CN6CC6(CC6)C7)nc5c3F)N3C[C@@H](CC)NCC3CC4)c12. The Labute approximate surface area is 271 Å². The number of hydrogen-bond acceptors (Lipinski definition) is 7. The van der Waals surface area contributed by atoms with Crippen LogP contribution in [0.5, 0.6) is 6.01 Å². The number of halogens is 3. The van der Waals surface area contributed by atoms with E-state index in [4.69, 9.17) is 26.1 Å². The molecule has 2 aromatic carbocycles. The minimum absolute atomic E-state index is 0.0722. The molecule has 2 aromatic heterocycles. The second-order valence-corrected chi connectivity index (χ2v) is 14.5. The van der Waals surface area contributed by atoms with Gasteiger partial charge in [0.25, 0.3) is 0 Å². The summed E-state index contributed by atoms with van der Waals surface area (Å²) in [5.41, 5.74) is 1.26. The molecule has 5 aliphatic rings. The Morgan fingerprint density at radius 3 is 2.79 bits per heavy atom. The highest BCUT2D eigenvalue weighted by molar-refractivity contribution is 6.02. The lowest BCUT2D eigenvalue weighted by molar-refractivity contribution is 0.107. The van der Waals surface area contributed by atoms with Crippen LogP contribution < -0.4 is 15.0 Å². The summed E-state index contributed by atoms with van der Waals surface area (Å²) in [5.74, 6) is 1.93. The second kappa shape index (κ2) is 10.5. The molecule has 0 amide bonds. The number of rotatable bonds is 5. The first-order chi connectivity index (χ1) is 22.8. The number of aromatic nitrogens is 3. The van der Waals surface area contributed by atoms with Crippen LogP contribution in [-0.2, 0) is 6.42 Å². The van der Waals surface area contributed by atoms with E-state index in [0.717, 1.165) is 32.4 Å². The first-order valence-electron chi connectivity index (χ1n) is 16.9. The number of pyridine rings is 1. The highest BCUT2D eigenvalue weighted by Crippen LogP contribution is 2.60. The first kappa shape index (κ1) is 29.2. The lowest BCUT2D eigenvalue weighted by Gasteiger charge is -2.40. The summed E-state index contributed by atoms with van der Waals surface area (Å²) >= 11 is 0. The van der Waals surface area contributed by atoms with E-state index >= 15 is 4.39 Å². The maximum Gasteiger partial charge on any atom is 0.319 e. The summed E-state index contributed by atoms with van der Waals surface area (Å²) in [6, 6.07) is 8.82. The Balaban J connectivity index is 1.21. The summed E-state index contributed by atoms with van der Waals surface area (Å²) in [4.78, 5) is 19.2. The Morgan fingerprint density at radius 2 is 1.98 bits per heavy atom. The maximum atomic E-state index is 17.1. The quantitative estimate of drug-likeness (QED) is 0.271. The van der Waals surface area contributed by atoms with E-state index in [1.54, 1.807) is 18.2 Å². The van der Waals surface area contributed by atoms with Gasteiger partial charge in [0, 0.05) is 55.6 Å². The number of alkyl halides is 1. The van der Waals surface area contributed by atoms with Gasteiger partial charge in [0.1, 0.15) is 35.6 Å². The number of nitrogens with zero attached hydrogens (tertiary/aromatic N) is 5. The van der Waals surface area contributed by atoms with Crippen molar-refractivity contribution in [1.82, 2.24) is 25.2 Å². The molecular formula is C37H37F3N6O. The van der Waals surface area contributed by atoms with E-state index in [-0.39, 0.29) is 46.9 Å². The normalized spacial score (nSPS) is 27.6. The highest BCUT2D eigenvalue weighted by Gasteiger charge is 2.62. The van der Waals surface area contributed by atoms with Crippen molar-refractivity contribution in [3.05, 3.63) is 53.2 Å². The first-order valence-corrected chi connectivity index (χ1v) is 16.9. The van der Waals surface area contributed by atoms with Crippen molar-refractivity contribution in [2.24, 2.45) is 5.41 Å². The van der Waals surface area contributed by atoms with Gasteiger partial charge in [0.05, 0.1) is 22.2 Å². The van der Waals surface area contributed by atoms with E-state index in [0.29, 0.717) is 59.2 Å². The van der Waals surface area contributed by atoms with Gasteiger partial charge < -0.3 is 15.0 Å². The van der Waals surface area contributed by atoms with Crippen LogP contribution in [0, 0.1) is 29.4 Å². The molecule has 4 aliphatic heterocycles. The van der Waals surface area contributed by atoms with Crippen LogP contribution in [0.25, 0.3) is 32.9 Å². The largest absolute Gasteiger partial charge is 0.461 e. The molecule has 4 fully saturated rings. The predicted molar refractivity (Wildman–Crippen MR) is 175 cm³/mol. The average Bonchev–Trinajstić information content (AvgIpc) is 3.71. The molecule has 4 atom stereocenters. The topological polar surface area (TPSA) is 66.4 Å². The van der Waals surface area contributed by atoms with Crippen molar-refractivity contribution < 1.29 is 17.9 Å². The summed E-state index contributed by atoms with van der Waals surface area (Å²) in [7, 11) is 0. The molecule has 242 valence electrons. The lowest BCUT2D eigenvalue weighted by Crippen LogP contribution is -2.56. The summed E-state index contributed by atoms with van der Waals surface area (Å²) in [5, 5.41) is 5.38. The van der Waals surface area contributed by atoms with Gasteiger partial charge >= 0.3 is 6.01 Å². The van der Waals surface area contributed by atoms with Crippen molar-refractivity contribution in [3.63, 3.8) is 0 Å². The van der Waals surface area contributed by atoms with Crippen molar-refractivity contribution in [2.75, 3.05) is 37.7 Å². The van der Waals surface area contributed by atoms with Crippen molar-refractivity contribution >= 4 is 27.5 Å². The fourth-order valence-corrected chi connectivity index (χ4v) is 9.01. The molecule has 3 saturated heterocycles. The number of ether oxygens (including phenoxy) is 1. The lowest BCUT2D eigenvalue weighted by atomic mass is 9.89. The Morgan fingerprint density at radius 1 is 1.11 bits per heavy atom. The molecule has 0 radical (unpaired) electrons. The molecule has 1 N–H and O–H groups in total. The van der Waals surface area contributed by atoms with Crippen LogP contribution in [0.3, 0.4) is 0 Å². The zero-order chi connectivity index (χ0) is 32.1. The average molecular weight is 639 g/mol. The number of nitrogens with one attached hydrogen (secondary N) is 1. The third-order valence-electron chi connectivity index (χ3n) is 11.5. The minimum Gasteiger partial charge on any atom is -0.461 e. The standard InChI is InChI=1S/C37H37F3N6O/c1-3-23-17-46-24(15-41-23)9-11-28-30-33(31(40)32(42-28)26-7-5-6-21-8-10-27(39)25(4-2)29(21)26)43-35(44-34(30)46)47-20-37-14-22(38)16-45(37)19-36(18-37)12-13-36/h2,5-8,10,22-24,41H,3,9,11-20H2,1H3/t22-,23-,24?,37+/m1/s1. The van der Waals surface area contributed by atoms with Crippen LogP contribution in [0.4, 0.5) is 19.0 Å². The maximum absolute atomic E-state index is 17.1. The monoisotopic (exact) mass is 638 g/mol. The van der Waals surface area contributed by atoms with E-state index in [9.17, 15) is 8.78 Å². The van der Waals surface area contributed by atoms with E-state index in [1.165, 1.54) is 18.9 Å². The molecule has 6 heterocycles. The molecule has 9 rings (SSSR count). The van der Waals surface area contributed by atoms with Crippen molar-refractivity contribution in [2.45, 2.75) is 75.7 Å². The number of hydrogen-bond donors (Lipinski definition) is 1. The van der Waals surface area contributed by atoms with Gasteiger partial charge in [0.2, 0.25) is 0 Å². The molecule has 4 aromatic rings. The molecule has 7 nitrogen and oxygen atoms in total. The van der Waals surface area contributed by atoms with Crippen LogP contribution in [0.1, 0.15) is 56.7 Å². The fourth-order valence-electron chi connectivity index (χ4n) is 9.01. The van der Waals surface area contributed by atoms with E-state index in [2.05, 4.69) is 28.0 Å². The number of piperazine rings is 1. The minimum atomic E-state index is -0.892. The predicted octanol–water partition coefficient (Wildman–Crippen LogP) is 5.95. The van der Waals surface area contributed by atoms with Crippen LogP contribution in [0.2, 0.25) is 0 Å². The van der Waals surface area contributed by atoms with Gasteiger partial charge in [-0.15, -0.1) is 6.42 Å². The van der Waals surface area contributed by atoms with Crippen molar-refractivity contribution in [3.8, 4) is 29.6 Å². The molecule has 1 unspecified atom stereocenters. The summed E-state index contributed by atoms with van der Waals surface area (Å²) in [6.07, 6.45) is 10.9. The highest BCUT2D eigenvalue weighted by atomic mass is 19.1. The number of aryl methyl sites for hydroxylation is 1. The zero-order valence-corrected chi connectivity index (χ0v) is 26.5. The third-order valence-corrected chi connectivity index (χ3v) is 11.5. The van der Waals surface area contributed by atoms with Gasteiger partial charge in [-0.1, -0.05) is 37.1 Å². The third kappa shape index (κ3) is 4.53. The molecule has 10 heteroatoms. The van der Waals surface area contributed by atoms with Gasteiger partial charge in [-0.2, -0.15) is 9.97 Å². The number of anilines is 1. The Bertz CT molecular complexity index is 1990. The fraction of sp³-hybridized carbons (Fsp3) is 0.486. The van der Waals surface area contributed by atoms with E-state index < -0.39 is 23.3 Å². The molecule has 1 spiro atoms. The van der Waals surface area contributed by atoms with Gasteiger partial charge in [-0.25, -0.2) is 18.2 Å². The molecule has 0 bridgehead atoms. The number of fused-ring (bicyclic) bond motifs is 4. The van der Waals surface area contributed by atoms with Crippen LogP contribution in [0.15, 0.2) is 30.3 Å². The van der Waals surface area contributed by atoms with Crippen molar-refractivity contribution in [1.29, 1.82) is 0 Å². The number of benzene rings is 2. The number of terminal acetylenes is 1. The van der Waals surface area contributed by atoms with Crippen LogP contribution >= 0.6 is 0 Å². The van der Waals surface area contributed by atoms with Gasteiger partial charge in [-0.05, 0) is 55.4 Å². The molecular weight excluding hydrogens is 601 g/mol. The smallest absolute Gasteiger partial charge is 0.319 e. The zero-order valence-electron chi connectivity index (χ0n) is 26.5.